The number of sulfonamides is 1. The van der Waals surface area contributed by atoms with Crippen molar-refractivity contribution in [3.8, 4) is 0 Å². The van der Waals surface area contributed by atoms with E-state index in [0.29, 0.717) is 13.0 Å². The van der Waals surface area contributed by atoms with Crippen molar-refractivity contribution in [2.75, 3.05) is 6.54 Å². The summed E-state index contributed by atoms with van der Waals surface area (Å²) in [5.41, 5.74) is -0.150. The highest BCUT2D eigenvalue weighted by Gasteiger charge is 2.15. The number of aromatic nitrogens is 2. The molecule has 0 unspecified atom stereocenters. The fraction of sp³-hybridized carbons (Fsp3) is 0.250. The van der Waals surface area contributed by atoms with E-state index in [1.165, 1.54) is 12.1 Å². The van der Waals surface area contributed by atoms with Crippen LogP contribution in [0.1, 0.15) is 6.42 Å². The summed E-state index contributed by atoms with van der Waals surface area (Å²) in [4.78, 5) is 9.96. The van der Waals surface area contributed by atoms with E-state index in [4.69, 9.17) is 0 Å². The second-order valence-electron chi connectivity index (χ2n) is 4.42. The molecular weight excluding hydrogens is 376 g/mol. The molecule has 0 aliphatic carbocycles. The average molecular weight is 389 g/mol. The van der Waals surface area contributed by atoms with Gasteiger partial charge in [0, 0.05) is 31.4 Å². The predicted octanol–water partition coefficient (Wildman–Crippen LogP) is 1.92. The first kappa shape index (κ1) is 16.6. The van der Waals surface area contributed by atoms with Crippen LogP contribution in [0.4, 0.5) is 5.69 Å². The van der Waals surface area contributed by atoms with Gasteiger partial charge in [0.1, 0.15) is 0 Å². The van der Waals surface area contributed by atoms with E-state index >= 15 is 0 Å². The summed E-state index contributed by atoms with van der Waals surface area (Å²) in [6, 6.07) is 4.75. The SMILES string of the molecule is O=[N+]([O-])c1ccc(S(=O)(=O)NCCCn2cc(Br)cn2)cc1. The fourth-order valence-corrected chi connectivity index (χ4v) is 3.14. The molecule has 2 rings (SSSR count). The van der Waals surface area contributed by atoms with Crippen molar-refractivity contribution < 1.29 is 13.3 Å². The molecular formula is C12H13BrN4O4S. The Morgan fingerprint density at radius 2 is 2.00 bits per heavy atom. The number of aryl methyl sites for hydroxylation is 1. The van der Waals surface area contributed by atoms with Crippen LogP contribution < -0.4 is 4.72 Å². The quantitative estimate of drug-likeness (QED) is 0.442. The minimum Gasteiger partial charge on any atom is -0.272 e. The monoisotopic (exact) mass is 388 g/mol. The Hall–Kier alpha value is -1.78. The third-order valence-corrected chi connectivity index (χ3v) is 4.70. The van der Waals surface area contributed by atoms with E-state index in [1.807, 2.05) is 0 Å². The van der Waals surface area contributed by atoms with Crippen molar-refractivity contribution in [2.45, 2.75) is 17.9 Å². The van der Waals surface area contributed by atoms with Crippen LogP contribution in [0, 0.1) is 10.1 Å². The zero-order chi connectivity index (χ0) is 16.2. The smallest absolute Gasteiger partial charge is 0.269 e. The molecule has 1 aromatic heterocycles. The molecule has 2 aromatic rings. The van der Waals surface area contributed by atoms with E-state index in [2.05, 4.69) is 25.8 Å². The summed E-state index contributed by atoms with van der Waals surface area (Å²) in [7, 11) is -3.66. The molecule has 0 bridgehead atoms. The van der Waals surface area contributed by atoms with Crippen LogP contribution in [0.5, 0.6) is 0 Å². The number of non-ortho nitro benzene ring substituents is 1. The van der Waals surface area contributed by atoms with Crippen LogP contribution >= 0.6 is 15.9 Å². The first-order chi connectivity index (χ1) is 10.4. The zero-order valence-corrected chi connectivity index (χ0v) is 13.7. The van der Waals surface area contributed by atoms with E-state index in [1.54, 1.807) is 17.1 Å². The van der Waals surface area contributed by atoms with E-state index in [9.17, 15) is 18.5 Å². The Morgan fingerprint density at radius 1 is 1.32 bits per heavy atom. The Bertz CT molecular complexity index is 758. The van der Waals surface area contributed by atoms with Crippen LogP contribution in [0.3, 0.4) is 0 Å². The lowest BCUT2D eigenvalue weighted by molar-refractivity contribution is -0.384. The second-order valence-corrected chi connectivity index (χ2v) is 7.11. The normalized spacial score (nSPS) is 11.5. The lowest BCUT2D eigenvalue weighted by Crippen LogP contribution is -2.25. The zero-order valence-electron chi connectivity index (χ0n) is 11.3. The van der Waals surface area contributed by atoms with Crippen molar-refractivity contribution in [1.29, 1.82) is 0 Å². The highest BCUT2D eigenvalue weighted by Crippen LogP contribution is 2.15. The highest BCUT2D eigenvalue weighted by atomic mass is 79.9. The van der Waals surface area contributed by atoms with Crippen LogP contribution in [-0.2, 0) is 16.6 Å². The summed E-state index contributed by atoms with van der Waals surface area (Å²) >= 11 is 3.28. The minimum atomic E-state index is -3.66. The number of nitrogens with one attached hydrogen (secondary N) is 1. The van der Waals surface area contributed by atoms with Gasteiger partial charge in [0.15, 0.2) is 0 Å². The van der Waals surface area contributed by atoms with Crippen molar-refractivity contribution in [3.63, 3.8) is 0 Å². The predicted molar refractivity (Wildman–Crippen MR) is 82.8 cm³/mol. The largest absolute Gasteiger partial charge is 0.272 e. The summed E-state index contributed by atoms with van der Waals surface area (Å²) in [5.74, 6) is 0. The van der Waals surface area contributed by atoms with Crippen molar-refractivity contribution in [3.05, 3.63) is 51.2 Å². The standard InChI is InChI=1S/C12H13BrN4O4S/c13-10-8-14-16(9-10)7-1-6-15-22(20,21)12-4-2-11(3-5-12)17(18)19/h2-5,8-9,15H,1,6-7H2. The third-order valence-electron chi connectivity index (χ3n) is 2.82. The number of hydrogen-bond donors (Lipinski definition) is 1. The lowest BCUT2D eigenvalue weighted by atomic mass is 10.3. The third kappa shape index (κ3) is 4.36. The summed E-state index contributed by atoms with van der Waals surface area (Å²) in [5, 5.41) is 14.6. The van der Waals surface area contributed by atoms with Gasteiger partial charge in [0.25, 0.3) is 5.69 Å². The molecule has 10 heteroatoms. The van der Waals surface area contributed by atoms with Gasteiger partial charge in [-0.2, -0.15) is 5.10 Å². The number of hydrogen-bond acceptors (Lipinski definition) is 5. The van der Waals surface area contributed by atoms with Crippen LogP contribution in [0.25, 0.3) is 0 Å². The summed E-state index contributed by atoms with van der Waals surface area (Å²) in [6.45, 7) is 0.825. The van der Waals surface area contributed by atoms with Gasteiger partial charge in [-0.3, -0.25) is 14.8 Å². The van der Waals surface area contributed by atoms with Gasteiger partial charge >= 0.3 is 0 Å². The number of nitrogens with zero attached hydrogens (tertiary/aromatic N) is 3. The van der Waals surface area contributed by atoms with Gasteiger partial charge in [-0.1, -0.05) is 0 Å². The first-order valence-corrected chi connectivity index (χ1v) is 8.58. The van der Waals surface area contributed by atoms with Crippen molar-refractivity contribution in [1.82, 2.24) is 14.5 Å². The molecule has 0 amide bonds. The lowest BCUT2D eigenvalue weighted by Gasteiger charge is -2.06. The minimum absolute atomic E-state index is 0.0000615. The van der Waals surface area contributed by atoms with Crippen LogP contribution in [0.15, 0.2) is 46.0 Å². The Labute approximate surface area is 135 Å². The van der Waals surface area contributed by atoms with Crippen molar-refractivity contribution >= 4 is 31.6 Å². The maximum atomic E-state index is 12.0. The summed E-state index contributed by atoms with van der Waals surface area (Å²) in [6.07, 6.45) is 4.02. The van der Waals surface area contributed by atoms with E-state index in [0.717, 1.165) is 16.6 Å². The van der Waals surface area contributed by atoms with Gasteiger partial charge in [0.05, 0.1) is 20.5 Å². The molecule has 0 aliphatic rings. The van der Waals surface area contributed by atoms with E-state index < -0.39 is 14.9 Å². The van der Waals surface area contributed by atoms with Crippen LogP contribution in [-0.4, -0.2) is 29.7 Å². The molecule has 8 nitrogen and oxygen atoms in total. The highest BCUT2D eigenvalue weighted by molar-refractivity contribution is 9.10. The molecule has 0 fully saturated rings. The summed E-state index contributed by atoms with van der Waals surface area (Å²) < 4.78 is 29.0. The molecule has 0 saturated heterocycles. The topological polar surface area (TPSA) is 107 Å². The molecule has 0 aliphatic heterocycles. The Morgan fingerprint density at radius 3 is 2.55 bits per heavy atom. The molecule has 22 heavy (non-hydrogen) atoms. The van der Waals surface area contributed by atoms with Crippen LogP contribution in [0.2, 0.25) is 0 Å². The van der Waals surface area contributed by atoms with E-state index in [-0.39, 0.29) is 17.1 Å². The number of benzene rings is 1. The number of nitro groups is 1. The molecule has 1 aromatic carbocycles. The van der Waals surface area contributed by atoms with Gasteiger partial charge in [-0.15, -0.1) is 0 Å². The number of nitro benzene ring substituents is 1. The average Bonchev–Trinajstić information content (AvgIpc) is 2.89. The maximum absolute atomic E-state index is 12.0. The van der Waals surface area contributed by atoms with Gasteiger partial charge < -0.3 is 0 Å². The molecule has 0 atom stereocenters. The van der Waals surface area contributed by atoms with Crippen molar-refractivity contribution in [2.24, 2.45) is 0 Å². The molecule has 118 valence electrons. The molecule has 0 spiro atoms. The fourth-order valence-electron chi connectivity index (χ4n) is 1.74. The Kier molecular flexibility index (Phi) is 5.27. The molecule has 0 radical (unpaired) electrons. The second kappa shape index (κ2) is 6.99. The number of rotatable bonds is 7. The number of halogens is 1. The van der Waals surface area contributed by atoms with Gasteiger partial charge in [0.2, 0.25) is 10.0 Å². The Balaban J connectivity index is 1.89. The first-order valence-electron chi connectivity index (χ1n) is 6.30. The molecule has 1 N–H and O–H groups in total. The maximum Gasteiger partial charge on any atom is 0.269 e. The molecule has 0 saturated carbocycles. The van der Waals surface area contributed by atoms with Gasteiger partial charge in [-0.25, -0.2) is 13.1 Å². The molecule has 1 heterocycles. The van der Waals surface area contributed by atoms with Gasteiger partial charge in [-0.05, 0) is 34.5 Å².